The van der Waals surface area contributed by atoms with Crippen molar-refractivity contribution in [2.75, 3.05) is 18.8 Å². The Bertz CT molecular complexity index is 832. The van der Waals surface area contributed by atoms with Crippen molar-refractivity contribution in [1.82, 2.24) is 14.9 Å². The minimum Gasteiger partial charge on any atom is -0.392 e. The number of nitrogens with zero attached hydrogens (tertiary/aromatic N) is 1. The highest BCUT2D eigenvalue weighted by atomic mass is 16.2. The van der Waals surface area contributed by atoms with Gasteiger partial charge in [-0.15, -0.1) is 0 Å². The fourth-order valence-electron chi connectivity index (χ4n) is 6.89. The summed E-state index contributed by atoms with van der Waals surface area (Å²) in [5.41, 5.74) is 4.47. The monoisotopic (exact) mass is 358 g/mol. The van der Waals surface area contributed by atoms with Crippen LogP contribution in [0.4, 0.5) is 5.69 Å². The zero-order valence-corrected chi connectivity index (χ0v) is 14.9. The van der Waals surface area contributed by atoms with Gasteiger partial charge in [0.25, 0.3) is 11.5 Å². The van der Waals surface area contributed by atoms with Crippen molar-refractivity contribution in [1.29, 1.82) is 0 Å². The third kappa shape index (κ3) is 2.21. The normalized spacial score (nSPS) is 34.4. The van der Waals surface area contributed by atoms with E-state index in [1.165, 1.54) is 32.1 Å². The molecule has 1 saturated heterocycles. The number of hydrogen-bond acceptors (Lipinski definition) is 4. The molecule has 1 aromatic rings. The maximum Gasteiger partial charge on any atom is 0.326 e. The highest BCUT2D eigenvalue weighted by molar-refractivity contribution is 5.96. The van der Waals surface area contributed by atoms with Gasteiger partial charge in [0.2, 0.25) is 0 Å². The average molecular weight is 358 g/mol. The van der Waals surface area contributed by atoms with Crippen molar-refractivity contribution < 1.29 is 4.79 Å². The summed E-state index contributed by atoms with van der Waals surface area (Å²) in [6, 6.07) is 0. The fourth-order valence-corrected chi connectivity index (χ4v) is 6.89. The zero-order chi connectivity index (χ0) is 18.1. The van der Waals surface area contributed by atoms with Crippen LogP contribution in [0.5, 0.6) is 0 Å². The molecule has 1 aliphatic heterocycles. The average Bonchev–Trinajstić information content (AvgIpc) is 2.62. The van der Waals surface area contributed by atoms with Crippen molar-refractivity contribution in [3.05, 3.63) is 26.5 Å². The van der Waals surface area contributed by atoms with Crippen molar-refractivity contribution in [2.45, 2.75) is 44.9 Å². The maximum absolute atomic E-state index is 12.8. The second-order valence-electron chi connectivity index (χ2n) is 9.03. The number of nitrogen functional groups attached to an aromatic ring is 1. The van der Waals surface area contributed by atoms with Gasteiger partial charge in [-0.2, -0.15) is 0 Å². The number of likely N-dealkylation sites (tertiary alicyclic amines) is 1. The third-order valence-corrected chi connectivity index (χ3v) is 7.94. The Balaban J connectivity index is 1.36. The molecule has 4 saturated carbocycles. The largest absolute Gasteiger partial charge is 0.392 e. The van der Waals surface area contributed by atoms with E-state index in [0.717, 1.165) is 36.5 Å². The molecule has 2 heterocycles. The summed E-state index contributed by atoms with van der Waals surface area (Å²) in [6.45, 7) is 1.38. The Hall–Kier alpha value is -2.05. The van der Waals surface area contributed by atoms with Gasteiger partial charge in [-0.3, -0.25) is 14.6 Å². The molecule has 0 unspecified atom stereocenters. The number of rotatable bonds is 1. The van der Waals surface area contributed by atoms with Crippen molar-refractivity contribution in [3.63, 3.8) is 0 Å². The lowest BCUT2D eigenvalue weighted by atomic mass is 9.43. The van der Waals surface area contributed by atoms with Crippen molar-refractivity contribution >= 4 is 11.6 Å². The summed E-state index contributed by atoms with van der Waals surface area (Å²) in [7, 11) is 0. The molecule has 4 bridgehead atoms. The van der Waals surface area contributed by atoms with Crippen LogP contribution < -0.4 is 17.0 Å². The summed E-state index contributed by atoms with van der Waals surface area (Å²) in [4.78, 5) is 42.3. The lowest BCUT2D eigenvalue weighted by Crippen LogP contribution is -2.57. The molecule has 1 aromatic heterocycles. The molecule has 26 heavy (non-hydrogen) atoms. The van der Waals surface area contributed by atoms with E-state index in [1.807, 2.05) is 0 Å². The number of carbonyl (C=O) groups excluding carboxylic acids is 1. The van der Waals surface area contributed by atoms with Gasteiger partial charge in [0, 0.05) is 13.1 Å². The Morgan fingerprint density at radius 2 is 1.54 bits per heavy atom. The maximum atomic E-state index is 12.8. The minimum atomic E-state index is -0.702. The third-order valence-electron chi connectivity index (χ3n) is 7.94. The van der Waals surface area contributed by atoms with E-state index in [1.54, 1.807) is 4.90 Å². The SMILES string of the molecule is Nc1c(C(=O)N2CCC3(CC2)C2CC4CC(C2)CC3C4)[nH]c(=O)[nH]c1=O. The number of piperidine rings is 1. The molecule has 7 heteroatoms. The van der Waals surface area contributed by atoms with Crippen LogP contribution in [0.1, 0.15) is 55.4 Å². The summed E-state index contributed by atoms with van der Waals surface area (Å²) in [5, 5.41) is 0. The first-order valence-electron chi connectivity index (χ1n) is 9.87. The predicted molar refractivity (Wildman–Crippen MR) is 96.7 cm³/mol. The Kier molecular flexibility index (Phi) is 3.40. The number of nitrogens with one attached hydrogen (secondary N) is 2. The van der Waals surface area contributed by atoms with E-state index in [0.29, 0.717) is 18.5 Å². The van der Waals surface area contributed by atoms with Crippen LogP contribution in [-0.4, -0.2) is 33.9 Å². The van der Waals surface area contributed by atoms with Crippen LogP contribution in [-0.2, 0) is 0 Å². The van der Waals surface area contributed by atoms with Gasteiger partial charge in [0.1, 0.15) is 11.4 Å². The number of carbonyl (C=O) groups is 1. The Labute approximate surface area is 151 Å². The van der Waals surface area contributed by atoms with Crippen LogP contribution in [0.2, 0.25) is 0 Å². The first-order chi connectivity index (χ1) is 12.5. The molecular formula is C19H26N4O3. The lowest BCUT2D eigenvalue weighted by Gasteiger charge is -2.63. The molecule has 1 amide bonds. The van der Waals surface area contributed by atoms with Crippen molar-refractivity contribution in [3.8, 4) is 0 Å². The van der Waals surface area contributed by atoms with E-state index in [4.69, 9.17) is 5.73 Å². The minimum absolute atomic E-state index is 0.0696. The van der Waals surface area contributed by atoms with Gasteiger partial charge in [-0.05, 0) is 74.0 Å². The molecule has 0 radical (unpaired) electrons. The lowest BCUT2D eigenvalue weighted by molar-refractivity contribution is -0.132. The number of amides is 1. The molecule has 7 nitrogen and oxygen atoms in total. The number of hydrogen-bond donors (Lipinski definition) is 3. The molecule has 0 atom stereocenters. The van der Waals surface area contributed by atoms with Crippen LogP contribution in [0.15, 0.2) is 9.59 Å². The number of nitrogens with two attached hydrogens (primary N) is 1. The number of anilines is 1. The van der Waals surface area contributed by atoms with Crippen LogP contribution in [0, 0.1) is 29.1 Å². The van der Waals surface area contributed by atoms with Gasteiger partial charge in [0.05, 0.1) is 0 Å². The van der Waals surface area contributed by atoms with E-state index in [2.05, 4.69) is 9.97 Å². The van der Waals surface area contributed by atoms with E-state index in [9.17, 15) is 14.4 Å². The Morgan fingerprint density at radius 1 is 0.962 bits per heavy atom. The quantitative estimate of drug-likeness (QED) is 0.703. The topological polar surface area (TPSA) is 112 Å². The zero-order valence-electron chi connectivity index (χ0n) is 14.9. The molecule has 1 spiro atoms. The highest BCUT2D eigenvalue weighted by Crippen LogP contribution is 2.65. The molecule has 6 rings (SSSR count). The van der Waals surface area contributed by atoms with Gasteiger partial charge < -0.3 is 15.6 Å². The first-order valence-corrected chi connectivity index (χ1v) is 9.87. The van der Waals surface area contributed by atoms with Gasteiger partial charge >= 0.3 is 5.69 Å². The van der Waals surface area contributed by atoms with Crippen LogP contribution in [0.25, 0.3) is 0 Å². The predicted octanol–water partition coefficient (Wildman–Crippen LogP) is 1.32. The highest BCUT2D eigenvalue weighted by Gasteiger charge is 2.57. The smallest absolute Gasteiger partial charge is 0.326 e. The molecular weight excluding hydrogens is 332 g/mol. The van der Waals surface area contributed by atoms with E-state index in [-0.39, 0.29) is 17.3 Å². The molecule has 5 fully saturated rings. The molecule has 140 valence electrons. The van der Waals surface area contributed by atoms with Crippen molar-refractivity contribution in [2.24, 2.45) is 29.1 Å². The second-order valence-corrected chi connectivity index (χ2v) is 9.03. The number of aromatic nitrogens is 2. The standard InChI is InChI=1S/C19H26N4O3/c20-14-15(21-18(26)22-16(14)24)17(25)23-3-1-19(2-4-23)12-6-10-5-11(8-12)9-13(19)7-10/h10-13H,1-9,20H2,(H2,21,22,24,26). The van der Waals surface area contributed by atoms with Gasteiger partial charge in [0.15, 0.2) is 0 Å². The van der Waals surface area contributed by atoms with Crippen LogP contribution in [0.3, 0.4) is 0 Å². The molecule has 4 aliphatic carbocycles. The van der Waals surface area contributed by atoms with Crippen LogP contribution >= 0.6 is 0 Å². The number of H-pyrrole nitrogens is 2. The van der Waals surface area contributed by atoms with Gasteiger partial charge in [-0.1, -0.05) is 0 Å². The fraction of sp³-hybridized carbons (Fsp3) is 0.737. The van der Waals surface area contributed by atoms with E-state index >= 15 is 0 Å². The van der Waals surface area contributed by atoms with E-state index < -0.39 is 11.2 Å². The molecule has 0 aromatic carbocycles. The number of aromatic amines is 2. The first kappa shape index (κ1) is 16.1. The Morgan fingerprint density at radius 3 is 2.12 bits per heavy atom. The summed E-state index contributed by atoms with van der Waals surface area (Å²) in [6.07, 6.45) is 9.07. The second kappa shape index (κ2) is 5.47. The van der Waals surface area contributed by atoms with Gasteiger partial charge in [-0.25, -0.2) is 4.79 Å². The summed E-state index contributed by atoms with van der Waals surface area (Å²) < 4.78 is 0. The summed E-state index contributed by atoms with van der Waals surface area (Å²) >= 11 is 0. The summed E-state index contributed by atoms with van der Waals surface area (Å²) in [5.74, 6) is 3.23. The molecule has 5 aliphatic rings. The molecule has 4 N–H and O–H groups in total.